The second-order valence-corrected chi connectivity index (χ2v) is 8.52. The maximum absolute atomic E-state index is 12.9. The van der Waals surface area contributed by atoms with Crippen molar-refractivity contribution in [3.63, 3.8) is 0 Å². The van der Waals surface area contributed by atoms with Crippen LogP contribution in [-0.2, 0) is 13.2 Å². The maximum Gasteiger partial charge on any atom is 0.255 e. The van der Waals surface area contributed by atoms with E-state index in [1.54, 1.807) is 18.2 Å². The van der Waals surface area contributed by atoms with Crippen LogP contribution in [-0.4, -0.2) is 28.1 Å². The number of carbonyl (C=O) groups is 2. The largest absolute Gasteiger partial charge is 0.489 e. The number of aromatic nitrogens is 2. The number of hydrogen-bond acceptors (Lipinski definition) is 4. The predicted molar refractivity (Wildman–Crippen MR) is 140 cm³/mol. The number of hydrogen-bond donors (Lipinski definition) is 2. The molecule has 7 nitrogen and oxygen atoms in total. The van der Waals surface area contributed by atoms with E-state index in [0.717, 1.165) is 28.3 Å². The zero-order valence-corrected chi connectivity index (χ0v) is 20.7. The fourth-order valence-corrected chi connectivity index (χ4v) is 3.90. The molecule has 0 aliphatic rings. The van der Waals surface area contributed by atoms with Gasteiger partial charge in [-0.2, -0.15) is 5.10 Å². The summed E-state index contributed by atoms with van der Waals surface area (Å²) in [5.74, 6) is 0.506. The molecule has 1 aromatic heterocycles. The van der Waals surface area contributed by atoms with Crippen molar-refractivity contribution >= 4 is 17.5 Å². The Bertz CT molecular complexity index is 1340. The van der Waals surface area contributed by atoms with Gasteiger partial charge in [-0.1, -0.05) is 42.5 Å². The summed E-state index contributed by atoms with van der Waals surface area (Å²) in [6.07, 6.45) is 0. The molecule has 7 heteroatoms. The van der Waals surface area contributed by atoms with Gasteiger partial charge in [0.05, 0.1) is 23.6 Å². The van der Waals surface area contributed by atoms with Crippen LogP contribution in [0.2, 0.25) is 0 Å². The zero-order valence-electron chi connectivity index (χ0n) is 20.7. The molecule has 2 N–H and O–H groups in total. The number of nitrogens with one attached hydrogen (secondary N) is 2. The Kier molecular flexibility index (Phi) is 7.80. The molecule has 2 amide bonds. The van der Waals surface area contributed by atoms with Crippen LogP contribution in [0.1, 0.15) is 50.2 Å². The summed E-state index contributed by atoms with van der Waals surface area (Å²) in [6.45, 7) is 7.18. The lowest BCUT2D eigenvalue weighted by Crippen LogP contribution is -2.22. The summed E-state index contributed by atoms with van der Waals surface area (Å²) >= 11 is 0. The van der Waals surface area contributed by atoms with Crippen LogP contribution < -0.4 is 15.4 Å². The molecule has 0 saturated heterocycles. The molecule has 0 atom stereocenters. The van der Waals surface area contributed by atoms with E-state index in [0.29, 0.717) is 36.5 Å². The first-order valence-corrected chi connectivity index (χ1v) is 11.9. The van der Waals surface area contributed by atoms with Gasteiger partial charge in [0, 0.05) is 17.7 Å². The number of benzene rings is 3. The third-order valence-electron chi connectivity index (χ3n) is 5.84. The van der Waals surface area contributed by atoms with E-state index >= 15 is 0 Å². The van der Waals surface area contributed by atoms with E-state index in [4.69, 9.17) is 4.74 Å². The molecule has 0 fully saturated rings. The quantitative estimate of drug-likeness (QED) is 0.346. The molecule has 3 aromatic carbocycles. The van der Waals surface area contributed by atoms with Crippen molar-refractivity contribution in [1.29, 1.82) is 0 Å². The lowest BCUT2D eigenvalue weighted by atomic mass is 10.1. The molecule has 4 rings (SSSR count). The van der Waals surface area contributed by atoms with E-state index in [-0.39, 0.29) is 11.8 Å². The molecule has 0 radical (unpaired) electrons. The normalized spacial score (nSPS) is 10.6. The number of carbonyl (C=O) groups excluding carboxylic acids is 2. The number of anilines is 1. The Morgan fingerprint density at radius 2 is 1.61 bits per heavy atom. The van der Waals surface area contributed by atoms with Gasteiger partial charge in [0.1, 0.15) is 12.4 Å². The number of ether oxygens (including phenoxy) is 1. The molecule has 0 unspecified atom stereocenters. The van der Waals surface area contributed by atoms with Gasteiger partial charge in [-0.3, -0.25) is 14.3 Å². The van der Waals surface area contributed by atoms with Gasteiger partial charge in [-0.15, -0.1) is 0 Å². The maximum atomic E-state index is 12.9. The van der Waals surface area contributed by atoms with Gasteiger partial charge in [-0.05, 0) is 68.3 Å². The van der Waals surface area contributed by atoms with Crippen molar-refractivity contribution in [2.75, 3.05) is 11.9 Å². The van der Waals surface area contributed by atoms with Crippen molar-refractivity contribution in [1.82, 2.24) is 15.1 Å². The van der Waals surface area contributed by atoms with Gasteiger partial charge in [-0.25, -0.2) is 0 Å². The van der Waals surface area contributed by atoms with Gasteiger partial charge in [0.15, 0.2) is 0 Å². The Balaban J connectivity index is 1.41. The Hall–Kier alpha value is -4.39. The Labute approximate surface area is 211 Å². The number of amides is 2. The first-order chi connectivity index (χ1) is 17.4. The van der Waals surface area contributed by atoms with Crippen LogP contribution in [0.4, 0.5) is 5.69 Å². The molecular formula is C29H30N4O3. The average Bonchev–Trinajstić information content (AvgIpc) is 3.16. The fraction of sp³-hybridized carbons (Fsp3) is 0.207. The van der Waals surface area contributed by atoms with Gasteiger partial charge in [0.2, 0.25) is 0 Å². The van der Waals surface area contributed by atoms with Crippen molar-refractivity contribution in [2.24, 2.45) is 0 Å². The van der Waals surface area contributed by atoms with Crippen LogP contribution in [0, 0.1) is 13.8 Å². The summed E-state index contributed by atoms with van der Waals surface area (Å²) in [7, 11) is 0. The van der Waals surface area contributed by atoms with Crippen molar-refractivity contribution in [3.05, 3.63) is 113 Å². The van der Waals surface area contributed by atoms with E-state index in [1.165, 1.54) is 0 Å². The monoisotopic (exact) mass is 482 g/mol. The predicted octanol–water partition coefficient (Wildman–Crippen LogP) is 5.13. The molecular weight excluding hydrogens is 452 g/mol. The van der Waals surface area contributed by atoms with E-state index < -0.39 is 0 Å². The minimum Gasteiger partial charge on any atom is -0.489 e. The van der Waals surface area contributed by atoms with Crippen LogP contribution in [0.5, 0.6) is 5.75 Å². The van der Waals surface area contributed by atoms with Crippen molar-refractivity contribution < 1.29 is 14.3 Å². The molecule has 0 bridgehead atoms. The Morgan fingerprint density at radius 3 is 2.33 bits per heavy atom. The third kappa shape index (κ3) is 5.99. The summed E-state index contributed by atoms with van der Waals surface area (Å²) in [6, 6.07) is 24.5. The van der Waals surface area contributed by atoms with Gasteiger partial charge < -0.3 is 15.4 Å². The highest BCUT2D eigenvalue weighted by Crippen LogP contribution is 2.22. The third-order valence-corrected chi connectivity index (χ3v) is 5.84. The van der Waals surface area contributed by atoms with Gasteiger partial charge >= 0.3 is 0 Å². The van der Waals surface area contributed by atoms with Gasteiger partial charge in [0.25, 0.3) is 11.8 Å². The van der Waals surface area contributed by atoms with Crippen LogP contribution in [0.25, 0.3) is 0 Å². The zero-order chi connectivity index (χ0) is 25.5. The standard InChI is InChI=1S/C29H30N4O3/c1-4-30-28(34)25-10-8-9-23(17-25)18-33-21(3)27(20(2)32-33)31-29(35)24-15-13-22(14-16-24)19-36-26-11-6-5-7-12-26/h5-17H,4,18-19H2,1-3H3,(H,30,34)(H,31,35). The second kappa shape index (κ2) is 11.4. The Morgan fingerprint density at radius 1 is 0.861 bits per heavy atom. The molecule has 0 aliphatic heterocycles. The lowest BCUT2D eigenvalue weighted by Gasteiger charge is -2.09. The number of rotatable bonds is 9. The smallest absolute Gasteiger partial charge is 0.255 e. The minimum atomic E-state index is -0.200. The van der Waals surface area contributed by atoms with Crippen LogP contribution in [0.15, 0.2) is 78.9 Å². The topological polar surface area (TPSA) is 85.3 Å². The minimum absolute atomic E-state index is 0.0988. The summed E-state index contributed by atoms with van der Waals surface area (Å²) in [5, 5.41) is 10.4. The van der Waals surface area contributed by atoms with Crippen molar-refractivity contribution in [3.8, 4) is 5.75 Å². The van der Waals surface area contributed by atoms with E-state index in [9.17, 15) is 9.59 Å². The molecule has 1 heterocycles. The highest BCUT2D eigenvalue weighted by atomic mass is 16.5. The van der Waals surface area contributed by atoms with E-state index in [1.807, 2.05) is 86.1 Å². The molecule has 0 spiro atoms. The molecule has 184 valence electrons. The molecule has 4 aromatic rings. The molecule has 36 heavy (non-hydrogen) atoms. The summed E-state index contributed by atoms with van der Waals surface area (Å²) in [5.41, 5.74) is 5.37. The molecule has 0 aliphatic carbocycles. The highest BCUT2D eigenvalue weighted by Gasteiger charge is 2.16. The first kappa shape index (κ1) is 24.7. The van der Waals surface area contributed by atoms with E-state index in [2.05, 4.69) is 15.7 Å². The van der Waals surface area contributed by atoms with Crippen LogP contribution >= 0.6 is 0 Å². The molecule has 0 saturated carbocycles. The van der Waals surface area contributed by atoms with Crippen molar-refractivity contribution in [2.45, 2.75) is 33.9 Å². The summed E-state index contributed by atoms with van der Waals surface area (Å²) in [4.78, 5) is 25.1. The second-order valence-electron chi connectivity index (χ2n) is 8.52. The fourth-order valence-electron chi connectivity index (χ4n) is 3.90. The first-order valence-electron chi connectivity index (χ1n) is 11.9. The SMILES string of the molecule is CCNC(=O)c1cccc(Cn2nc(C)c(NC(=O)c3ccc(COc4ccccc4)cc3)c2C)c1. The highest BCUT2D eigenvalue weighted by molar-refractivity contribution is 6.04. The number of aryl methyl sites for hydroxylation is 1. The average molecular weight is 483 g/mol. The number of para-hydroxylation sites is 1. The van der Waals surface area contributed by atoms with Crippen LogP contribution in [0.3, 0.4) is 0 Å². The summed E-state index contributed by atoms with van der Waals surface area (Å²) < 4.78 is 7.61. The number of nitrogens with zero attached hydrogens (tertiary/aromatic N) is 2. The lowest BCUT2D eigenvalue weighted by molar-refractivity contribution is 0.0954.